The Balaban J connectivity index is 1.68. The Kier molecular flexibility index (Phi) is 5.09. The smallest absolute Gasteiger partial charge is 0.251 e. The highest BCUT2D eigenvalue weighted by Gasteiger charge is 2.14. The molecule has 1 N–H and O–H groups in total. The molecule has 6 heteroatoms. The summed E-state index contributed by atoms with van der Waals surface area (Å²) in [7, 11) is 0. The fraction of sp³-hybridized carbons (Fsp3) is 0.200. The minimum Gasteiger partial charge on any atom is -0.352 e. The van der Waals surface area contributed by atoms with Gasteiger partial charge >= 0.3 is 0 Å². The maximum absolute atomic E-state index is 12.2. The van der Waals surface area contributed by atoms with Gasteiger partial charge in [-0.25, -0.2) is 9.67 Å². The van der Waals surface area contributed by atoms with Crippen LogP contribution in [0.15, 0.2) is 48.7 Å². The standard InChI is InChI=1S/C20H19N5O/c1-14-18(15(2)25(24-14)19-8-3-4-10-22-19)9-11-23-20(26)17-7-5-6-16(12-17)13-21/h3-8,10,12H,9,11H2,1-2H3,(H,23,26). The Bertz CT molecular complexity index is 970. The molecule has 1 amide bonds. The summed E-state index contributed by atoms with van der Waals surface area (Å²) in [5, 5.41) is 16.4. The number of carbonyl (C=O) groups is 1. The van der Waals surface area contributed by atoms with Gasteiger partial charge in [0.2, 0.25) is 0 Å². The fourth-order valence-corrected chi connectivity index (χ4v) is 2.87. The van der Waals surface area contributed by atoms with Gasteiger partial charge in [0.1, 0.15) is 0 Å². The summed E-state index contributed by atoms with van der Waals surface area (Å²) >= 11 is 0. The third-order valence-electron chi connectivity index (χ3n) is 4.22. The van der Waals surface area contributed by atoms with Crippen molar-refractivity contribution >= 4 is 5.91 Å². The van der Waals surface area contributed by atoms with Gasteiger partial charge in [-0.3, -0.25) is 4.79 Å². The molecule has 0 unspecified atom stereocenters. The van der Waals surface area contributed by atoms with Gasteiger partial charge in [-0.15, -0.1) is 0 Å². The molecule has 0 aliphatic rings. The molecule has 0 radical (unpaired) electrons. The summed E-state index contributed by atoms with van der Waals surface area (Å²) in [6.45, 7) is 4.45. The van der Waals surface area contributed by atoms with E-state index >= 15 is 0 Å². The molecule has 0 aliphatic heterocycles. The van der Waals surface area contributed by atoms with E-state index in [0.717, 1.165) is 22.8 Å². The number of rotatable bonds is 5. The SMILES string of the molecule is Cc1nn(-c2ccccn2)c(C)c1CCNC(=O)c1cccc(C#N)c1. The van der Waals surface area contributed by atoms with E-state index in [1.54, 1.807) is 30.5 Å². The van der Waals surface area contributed by atoms with Crippen molar-refractivity contribution < 1.29 is 4.79 Å². The average molecular weight is 345 g/mol. The summed E-state index contributed by atoms with van der Waals surface area (Å²) in [6.07, 6.45) is 2.41. The largest absolute Gasteiger partial charge is 0.352 e. The van der Waals surface area contributed by atoms with Gasteiger partial charge in [-0.2, -0.15) is 10.4 Å². The van der Waals surface area contributed by atoms with Crippen molar-refractivity contribution in [1.29, 1.82) is 5.26 Å². The Morgan fingerprint density at radius 3 is 2.81 bits per heavy atom. The molecule has 0 saturated carbocycles. The summed E-state index contributed by atoms with van der Waals surface area (Å²) in [5.41, 5.74) is 4.00. The monoisotopic (exact) mass is 345 g/mol. The number of hydrogen-bond acceptors (Lipinski definition) is 4. The molecule has 1 aromatic carbocycles. The third kappa shape index (κ3) is 3.62. The molecule has 26 heavy (non-hydrogen) atoms. The Morgan fingerprint density at radius 1 is 1.23 bits per heavy atom. The van der Waals surface area contributed by atoms with Crippen LogP contribution in [0.25, 0.3) is 5.82 Å². The lowest BCUT2D eigenvalue weighted by molar-refractivity contribution is 0.0954. The normalized spacial score (nSPS) is 10.3. The lowest BCUT2D eigenvalue weighted by atomic mass is 10.1. The quantitative estimate of drug-likeness (QED) is 0.771. The molecule has 2 aromatic heterocycles. The van der Waals surface area contributed by atoms with Gasteiger partial charge in [-0.1, -0.05) is 12.1 Å². The van der Waals surface area contributed by atoms with E-state index in [4.69, 9.17) is 5.26 Å². The molecule has 0 atom stereocenters. The van der Waals surface area contributed by atoms with Gasteiger partial charge in [0, 0.05) is 24.0 Å². The van der Waals surface area contributed by atoms with Crippen LogP contribution in [0.5, 0.6) is 0 Å². The van der Waals surface area contributed by atoms with E-state index in [2.05, 4.69) is 15.4 Å². The molecule has 0 bridgehead atoms. The maximum atomic E-state index is 12.2. The molecule has 0 fully saturated rings. The number of aryl methyl sites for hydroxylation is 1. The number of nitriles is 1. The van der Waals surface area contributed by atoms with E-state index < -0.39 is 0 Å². The summed E-state index contributed by atoms with van der Waals surface area (Å²) in [6, 6.07) is 14.4. The summed E-state index contributed by atoms with van der Waals surface area (Å²) in [4.78, 5) is 16.6. The Morgan fingerprint density at radius 2 is 2.08 bits per heavy atom. The molecule has 0 saturated heterocycles. The zero-order chi connectivity index (χ0) is 18.5. The van der Waals surface area contributed by atoms with Crippen molar-refractivity contribution in [1.82, 2.24) is 20.1 Å². The summed E-state index contributed by atoms with van der Waals surface area (Å²) in [5.74, 6) is 0.589. The first-order valence-electron chi connectivity index (χ1n) is 8.35. The topological polar surface area (TPSA) is 83.6 Å². The molecule has 3 aromatic rings. The second-order valence-corrected chi connectivity index (χ2v) is 5.95. The third-order valence-corrected chi connectivity index (χ3v) is 4.22. The van der Waals surface area contributed by atoms with E-state index in [9.17, 15) is 4.79 Å². The number of pyridine rings is 1. The van der Waals surface area contributed by atoms with Gasteiger partial charge in [0.15, 0.2) is 5.82 Å². The summed E-state index contributed by atoms with van der Waals surface area (Å²) < 4.78 is 1.82. The molecule has 130 valence electrons. The van der Waals surface area contributed by atoms with Crippen LogP contribution in [0.1, 0.15) is 32.9 Å². The van der Waals surface area contributed by atoms with E-state index in [1.807, 2.05) is 42.8 Å². The van der Waals surface area contributed by atoms with Gasteiger partial charge in [0.25, 0.3) is 5.91 Å². The lowest BCUT2D eigenvalue weighted by Crippen LogP contribution is -2.26. The van der Waals surface area contributed by atoms with Gasteiger partial charge < -0.3 is 5.32 Å². The minimum absolute atomic E-state index is 0.186. The first-order chi connectivity index (χ1) is 12.6. The highest BCUT2D eigenvalue weighted by molar-refractivity contribution is 5.94. The van der Waals surface area contributed by atoms with Crippen molar-refractivity contribution in [3.63, 3.8) is 0 Å². The minimum atomic E-state index is -0.186. The van der Waals surface area contributed by atoms with Crippen LogP contribution in [0.3, 0.4) is 0 Å². The molecule has 6 nitrogen and oxygen atoms in total. The number of nitrogens with zero attached hydrogens (tertiary/aromatic N) is 4. The van der Waals surface area contributed by atoms with Crippen LogP contribution in [0.2, 0.25) is 0 Å². The van der Waals surface area contributed by atoms with Gasteiger partial charge in [-0.05, 0) is 56.2 Å². The van der Waals surface area contributed by atoms with Crippen LogP contribution < -0.4 is 5.32 Å². The Labute approximate surface area is 152 Å². The number of nitrogens with one attached hydrogen (secondary N) is 1. The first kappa shape index (κ1) is 17.4. The van der Waals surface area contributed by atoms with Crippen molar-refractivity contribution in [2.24, 2.45) is 0 Å². The number of aromatic nitrogens is 3. The predicted octanol–water partition coefficient (Wildman–Crippen LogP) is 2.73. The molecule has 0 spiro atoms. The fourth-order valence-electron chi connectivity index (χ4n) is 2.87. The average Bonchev–Trinajstić information content (AvgIpc) is 2.96. The van der Waals surface area contributed by atoms with E-state index in [1.165, 1.54) is 0 Å². The van der Waals surface area contributed by atoms with Crippen molar-refractivity contribution in [3.05, 3.63) is 76.7 Å². The number of carbonyl (C=O) groups excluding carboxylic acids is 1. The maximum Gasteiger partial charge on any atom is 0.251 e. The van der Waals surface area contributed by atoms with Crippen molar-refractivity contribution in [2.75, 3.05) is 6.54 Å². The molecular formula is C20H19N5O. The lowest BCUT2D eigenvalue weighted by Gasteiger charge is -2.07. The number of hydrogen-bond donors (Lipinski definition) is 1. The zero-order valence-corrected chi connectivity index (χ0v) is 14.7. The zero-order valence-electron chi connectivity index (χ0n) is 14.7. The van der Waals surface area contributed by atoms with Crippen LogP contribution in [-0.4, -0.2) is 27.2 Å². The van der Waals surface area contributed by atoms with Crippen molar-refractivity contribution in [2.45, 2.75) is 20.3 Å². The molecule has 0 aliphatic carbocycles. The van der Waals surface area contributed by atoms with E-state index in [0.29, 0.717) is 24.1 Å². The Hall–Kier alpha value is -3.46. The highest BCUT2D eigenvalue weighted by Crippen LogP contribution is 2.17. The van der Waals surface area contributed by atoms with Crippen molar-refractivity contribution in [3.8, 4) is 11.9 Å². The van der Waals surface area contributed by atoms with Crippen LogP contribution in [0.4, 0.5) is 0 Å². The van der Waals surface area contributed by atoms with E-state index in [-0.39, 0.29) is 5.91 Å². The second kappa shape index (κ2) is 7.62. The molecular weight excluding hydrogens is 326 g/mol. The number of amides is 1. The highest BCUT2D eigenvalue weighted by atomic mass is 16.1. The van der Waals surface area contributed by atoms with Crippen LogP contribution >= 0.6 is 0 Å². The second-order valence-electron chi connectivity index (χ2n) is 5.95. The molecule has 3 rings (SSSR count). The van der Waals surface area contributed by atoms with Crippen LogP contribution in [-0.2, 0) is 6.42 Å². The van der Waals surface area contributed by atoms with Gasteiger partial charge in [0.05, 0.1) is 17.3 Å². The molecule has 2 heterocycles. The first-order valence-corrected chi connectivity index (χ1v) is 8.35. The van der Waals surface area contributed by atoms with Crippen LogP contribution in [0, 0.1) is 25.2 Å². The number of benzene rings is 1. The predicted molar refractivity (Wildman–Crippen MR) is 98.0 cm³/mol.